The largest absolute Gasteiger partial charge is 0.493 e. The summed E-state index contributed by atoms with van der Waals surface area (Å²) in [5.41, 5.74) is 0. The summed E-state index contributed by atoms with van der Waals surface area (Å²) in [5.74, 6) is 1.46. The zero-order chi connectivity index (χ0) is 45.3. The second kappa shape index (κ2) is 35.9. The van der Waals surface area contributed by atoms with Crippen molar-refractivity contribution in [1.29, 1.82) is 0 Å². The first-order valence-corrected chi connectivity index (χ1v) is 20.7. The molecule has 0 aliphatic heterocycles. The summed E-state index contributed by atoms with van der Waals surface area (Å²) >= 11 is 0. The third-order valence-electron chi connectivity index (χ3n) is 8.58. The van der Waals surface area contributed by atoms with Crippen LogP contribution >= 0.6 is 0 Å². The van der Waals surface area contributed by atoms with Crippen molar-refractivity contribution >= 4 is 0 Å². The molecule has 350 valence electrons. The second-order valence-corrected chi connectivity index (χ2v) is 15.1. The van der Waals surface area contributed by atoms with E-state index in [-0.39, 0.29) is 83.8 Å². The number of likely N-dealkylation sites (N-methyl/N-ethyl adjacent to an activating group) is 2. The highest BCUT2D eigenvalue weighted by Gasteiger charge is 2.19. The van der Waals surface area contributed by atoms with Gasteiger partial charge < -0.3 is 72.9 Å². The van der Waals surface area contributed by atoms with Gasteiger partial charge in [0, 0.05) is 45.8 Å². The van der Waals surface area contributed by atoms with E-state index in [1.54, 1.807) is 12.2 Å². The number of hydrogen-bond acceptors (Lipinski definition) is 16. The summed E-state index contributed by atoms with van der Waals surface area (Å²) in [4.78, 5) is 5.77. The van der Waals surface area contributed by atoms with Crippen LogP contribution in [0, 0.1) is 0 Å². The van der Waals surface area contributed by atoms with Gasteiger partial charge in [0.05, 0.1) is 102 Å². The highest BCUT2D eigenvalue weighted by Crippen LogP contribution is 2.06. The topological polar surface area (TPSA) is 174 Å². The lowest BCUT2D eigenvalue weighted by Crippen LogP contribution is -2.43. The monoisotopic (exact) mass is 860 g/mol. The molecule has 0 radical (unpaired) electrons. The van der Waals surface area contributed by atoms with Gasteiger partial charge in [-0.15, -0.1) is 0 Å². The van der Waals surface area contributed by atoms with E-state index in [1.807, 2.05) is 56.5 Å². The van der Waals surface area contributed by atoms with Crippen LogP contribution in [0.15, 0.2) is 75.0 Å². The first-order chi connectivity index (χ1) is 28.5. The Hall–Kier alpha value is -2.68. The third kappa shape index (κ3) is 34.0. The summed E-state index contributed by atoms with van der Waals surface area (Å²) in [6.45, 7) is 35.3. The van der Waals surface area contributed by atoms with E-state index >= 15 is 0 Å². The normalized spacial score (nSPS) is 15.8. The van der Waals surface area contributed by atoms with Crippen molar-refractivity contribution < 1.29 is 63.1 Å². The van der Waals surface area contributed by atoms with Crippen LogP contribution in [-0.4, -0.2) is 217 Å². The van der Waals surface area contributed by atoms with Crippen LogP contribution in [0.25, 0.3) is 0 Å². The molecule has 0 saturated carbocycles. The van der Waals surface area contributed by atoms with Gasteiger partial charge in [-0.05, 0) is 60.0 Å². The van der Waals surface area contributed by atoms with Gasteiger partial charge in [0.15, 0.2) is 0 Å². The van der Waals surface area contributed by atoms with Crippen LogP contribution < -0.4 is 0 Å². The molecule has 60 heavy (non-hydrogen) atoms. The highest BCUT2D eigenvalue weighted by molar-refractivity contribution is 5.02. The predicted molar refractivity (Wildman–Crippen MR) is 235 cm³/mol. The number of allylic oxidation sites excluding steroid dienone is 3. The quantitative estimate of drug-likeness (QED) is 0.0520. The lowest BCUT2D eigenvalue weighted by Gasteiger charge is -2.28. The van der Waals surface area contributed by atoms with E-state index in [2.05, 4.69) is 39.5 Å². The Kier molecular flexibility index (Phi) is 34.3. The lowest BCUT2D eigenvalue weighted by atomic mass is 10.2. The van der Waals surface area contributed by atoms with Gasteiger partial charge in [0.1, 0.15) is 37.1 Å². The minimum absolute atomic E-state index is 0.0564. The van der Waals surface area contributed by atoms with Crippen LogP contribution in [0.1, 0.15) is 27.7 Å². The number of aliphatic hydroxyl groups excluding tert-OH is 4. The molecule has 8 atom stereocenters. The third-order valence-corrected chi connectivity index (χ3v) is 8.58. The minimum atomic E-state index is -0.849. The Morgan fingerprint density at radius 3 is 1.13 bits per heavy atom. The van der Waals surface area contributed by atoms with Gasteiger partial charge in [0.2, 0.25) is 0 Å². The molecule has 0 aliphatic rings. The molecular formula is C44H81N3O13. The molecule has 0 amide bonds. The standard InChI is InChI=1S/C44H81N3O13/c1-13-34(4)54-19-16-45(11)22-41(48)30-52-26-37(7)58-29-40(10)60-33-44(51)25-47(18-21-56-36(6)15-3)24-43(50)31-53-27-38(8)57-28-39(9)59-32-42(49)23-46(12)17-20-55-35(5)14-2/h13-15,37-44,48-51H,1-6,16-33H2,7-12H3. The van der Waals surface area contributed by atoms with Gasteiger partial charge in [0.25, 0.3) is 0 Å². The van der Waals surface area contributed by atoms with Crippen molar-refractivity contribution in [3.63, 3.8) is 0 Å². The Bertz CT molecular complexity index is 1160. The average Bonchev–Trinajstić information content (AvgIpc) is 3.20. The van der Waals surface area contributed by atoms with Gasteiger partial charge in [-0.3, -0.25) is 4.90 Å². The first-order valence-electron chi connectivity index (χ1n) is 20.7. The molecule has 0 rings (SSSR count). The Morgan fingerprint density at radius 2 is 0.750 bits per heavy atom. The fraction of sp³-hybridized carbons (Fsp3) is 0.727. The molecule has 16 nitrogen and oxygen atoms in total. The smallest absolute Gasteiger partial charge is 0.111 e. The van der Waals surface area contributed by atoms with Crippen molar-refractivity contribution in [2.24, 2.45) is 0 Å². The average molecular weight is 860 g/mol. The summed E-state index contributed by atoms with van der Waals surface area (Å²) in [6, 6.07) is 0. The van der Waals surface area contributed by atoms with Crippen molar-refractivity contribution in [2.75, 3.05) is 133 Å². The molecule has 0 aromatic rings. The van der Waals surface area contributed by atoms with E-state index in [1.165, 1.54) is 6.08 Å². The molecule has 0 aromatic carbocycles. The van der Waals surface area contributed by atoms with E-state index in [4.69, 9.17) is 42.6 Å². The van der Waals surface area contributed by atoms with Gasteiger partial charge in [-0.25, -0.2) is 0 Å². The SMILES string of the molecule is C=CC(=C)OCCN(C)CC(O)COCC(C)OCC(C)OCC(O)CN(CCOC(=C)C=C)CC(O)COCC(C)OCC(C)OCC(O)CN(C)CCOC(=C)C=C. The van der Waals surface area contributed by atoms with Crippen LogP contribution in [0.2, 0.25) is 0 Å². The molecule has 0 saturated heterocycles. The summed E-state index contributed by atoms with van der Waals surface area (Å²) in [7, 11) is 3.78. The molecule has 0 bridgehead atoms. The fourth-order valence-electron chi connectivity index (χ4n) is 5.20. The van der Waals surface area contributed by atoms with E-state index in [0.717, 1.165) is 0 Å². The van der Waals surface area contributed by atoms with Crippen LogP contribution in [0.3, 0.4) is 0 Å². The number of nitrogens with zero attached hydrogens (tertiary/aromatic N) is 3. The van der Waals surface area contributed by atoms with Crippen molar-refractivity contribution in [1.82, 2.24) is 14.7 Å². The Labute approximate surface area is 361 Å². The van der Waals surface area contributed by atoms with Gasteiger partial charge in [-0.1, -0.05) is 39.5 Å². The Morgan fingerprint density at radius 1 is 0.450 bits per heavy atom. The molecule has 0 heterocycles. The van der Waals surface area contributed by atoms with Crippen LogP contribution in [0.5, 0.6) is 0 Å². The van der Waals surface area contributed by atoms with Gasteiger partial charge >= 0.3 is 0 Å². The summed E-state index contributed by atoms with van der Waals surface area (Å²) < 4.78 is 51.1. The van der Waals surface area contributed by atoms with Crippen molar-refractivity contribution in [3.05, 3.63) is 75.0 Å². The molecule has 0 aromatic heterocycles. The van der Waals surface area contributed by atoms with E-state index in [9.17, 15) is 20.4 Å². The van der Waals surface area contributed by atoms with Crippen molar-refractivity contribution in [3.8, 4) is 0 Å². The number of rotatable bonds is 43. The number of hydrogen-bond donors (Lipinski definition) is 4. The lowest BCUT2D eigenvalue weighted by molar-refractivity contribution is -0.0858. The van der Waals surface area contributed by atoms with Crippen LogP contribution in [-0.2, 0) is 42.6 Å². The molecular weight excluding hydrogens is 778 g/mol. The molecule has 8 unspecified atom stereocenters. The summed E-state index contributed by atoms with van der Waals surface area (Å²) in [6.07, 6.45) is 0.555. The number of ether oxygens (including phenoxy) is 9. The van der Waals surface area contributed by atoms with Crippen molar-refractivity contribution in [2.45, 2.75) is 76.5 Å². The zero-order valence-electron chi connectivity index (χ0n) is 37.6. The number of aliphatic hydroxyl groups is 4. The summed E-state index contributed by atoms with van der Waals surface area (Å²) in [5, 5.41) is 42.3. The van der Waals surface area contributed by atoms with E-state index < -0.39 is 24.4 Å². The predicted octanol–water partition coefficient (Wildman–Crippen LogP) is 2.40. The first kappa shape index (κ1) is 57.3. The second-order valence-electron chi connectivity index (χ2n) is 15.1. The molecule has 0 fully saturated rings. The maximum atomic E-state index is 10.8. The molecule has 0 aliphatic carbocycles. The maximum Gasteiger partial charge on any atom is 0.111 e. The molecule has 0 spiro atoms. The molecule has 16 heteroatoms. The maximum absolute atomic E-state index is 10.8. The zero-order valence-corrected chi connectivity index (χ0v) is 37.6. The minimum Gasteiger partial charge on any atom is -0.493 e. The van der Waals surface area contributed by atoms with Crippen LogP contribution in [0.4, 0.5) is 0 Å². The molecule has 4 N–H and O–H groups in total. The van der Waals surface area contributed by atoms with Gasteiger partial charge in [-0.2, -0.15) is 0 Å². The highest BCUT2D eigenvalue weighted by atomic mass is 16.6. The van der Waals surface area contributed by atoms with E-state index in [0.29, 0.717) is 76.4 Å². The Balaban J connectivity index is 4.51. The fourth-order valence-corrected chi connectivity index (χ4v) is 5.20.